The average Bonchev–Trinajstić information content (AvgIpc) is 2.43. The van der Waals surface area contributed by atoms with Gasteiger partial charge in [0.25, 0.3) is 0 Å². The van der Waals surface area contributed by atoms with Crippen LogP contribution in [0.25, 0.3) is 0 Å². The summed E-state index contributed by atoms with van der Waals surface area (Å²) in [5.74, 6) is -0.0954. The van der Waals surface area contributed by atoms with E-state index in [9.17, 15) is 4.79 Å². The molecule has 3 heteroatoms. The molecule has 2 atom stereocenters. The third kappa shape index (κ3) is 3.82. The summed E-state index contributed by atoms with van der Waals surface area (Å²) in [6, 6.07) is 0.611. The third-order valence-corrected chi connectivity index (χ3v) is 3.30. The maximum Gasteiger partial charge on any atom is 0.309 e. The first-order chi connectivity index (χ1) is 7.15. The molecule has 1 heterocycles. The normalized spacial score (nSPS) is 25.7. The molecule has 0 aromatic heterocycles. The summed E-state index contributed by atoms with van der Waals surface area (Å²) < 4.78 is 4.75. The Bertz CT molecular complexity index is 206. The van der Waals surface area contributed by atoms with Crippen molar-refractivity contribution in [2.75, 3.05) is 20.2 Å². The SMILES string of the molecule is COC(=O)C(C)CN1CCCCCC1C. The minimum Gasteiger partial charge on any atom is -0.469 e. The number of rotatable bonds is 3. The van der Waals surface area contributed by atoms with E-state index in [1.54, 1.807) is 0 Å². The molecule has 1 rings (SSSR count). The largest absolute Gasteiger partial charge is 0.469 e. The van der Waals surface area contributed by atoms with Crippen LogP contribution in [0.3, 0.4) is 0 Å². The molecule has 88 valence electrons. The van der Waals surface area contributed by atoms with Crippen molar-refractivity contribution in [3.8, 4) is 0 Å². The quantitative estimate of drug-likeness (QED) is 0.672. The van der Waals surface area contributed by atoms with E-state index in [2.05, 4.69) is 11.8 Å². The first-order valence-electron chi connectivity index (χ1n) is 5.97. The van der Waals surface area contributed by atoms with E-state index in [0.29, 0.717) is 6.04 Å². The van der Waals surface area contributed by atoms with Crippen LogP contribution >= 0.6 is 0 Å². The van der Waals surface area contributed by atoms with Crippen molar-refractivity contribution in [3.63, 3.8) is 0 Å². The number of hydrogen-bond donors (Lipinski definition) is 0. The predicted molar refractivity (Wildman–Crippen MR) is 60.7 cm³/mol. The van der Waals surface area contributed by atoms with Gasteiger partial charge in [-0.2, -0.15) is 0 Å². The highest BCUT2D eigenvalue weighted by atomic mass is 16.5. The summed E-state index contributed by atoms with van der Waals surface area (Å²) in [7, 11) is 1.46. The molecule has 2 unspecified atom stereocenters. The lowest BCUT2D eigenvalue weighted by atomic mass is 10.1. The zero-order valence-corrected chi connectivity index (χ0v) is 10.2. The summed E-state index contributed by atoms with van der Waals surface area (Å²) in [5, 5.41) is 0. The van der Waals surface area contributed by atoms with E-state index < -0.39 is 0 Å². The first kappa shape index (κ1) is 12.5. The van der Waals surface area contributed by atoms with Gasteiger partial charge in [-0.25, -0.2) is 0 Å². The van der Waals surface area contributed by atoms with Crippen LogP contribution in [-0.4, -0.2) is 37.1 Å². The van der Waals surface area contributed by atoms with Crippen LogP contribution in [0.5, 0.6) is 0 Å². The lowest BCUT2D eigenvalue weighted by Crippen LogP contribution is -2.38. The summed E-state index contributed by atoms with van der Waals surface area (Å²) in [5.41, 5.74) is 0. The van der Waals surface area contributed by atoms with E-state index in [0.717, 1.165) is 13.1 Å². The van der Waals surface area contributed by atoms with Gasteiger partial charge in [-0.3, -0.25) is 9.69 Å². The molecular weight excluding hydrogens is 190 g/mol. The molecule has 0 N–H and O–H groups in total. The van der Waals surface area contributed by atoms with E-state index >= 15 is 0 Å². The van der Waals surface area contributed by atoms with E-state index in [1.807, 2.05) is 6.92 Å². The molecule has 1 saturated heterocycles. The smallest absolute Gasteiger partial charge is 0.309 e. The maximum atomic E-state index is 11.3. The Balaban J connectivity index is 2.43. The number of likely N-dealkylation sites (tertiary alicyclic amines) is 1. The van der Waals surface area contributed by atoms with Crippen molar-refractivity contribution < 1.29 is 9.53 Å². The Morgan fingerprint density at radius 3 is 2.87 bits per heavy atom. The van der Waals surface area contributed by atoms with Gasteiger partial charge in [-0.15, -0.1) is 0 Å². The Kier molecular flexibility index (Phi) is 5.09. The van der Waals surface area contributed by atoms with Gasteiger partial charge in [0.2, 0.25) is 0 Å². The number of hydrogen-bond acceptors (Lipinski definition) is 3. The number of esters is 1. The van der Waals surface area contributed by atoms with Crippen LogP contribution < -0.4 is 0 Å². The van der Waals surface area contributed by atoms with Crippen LogP contribution in [0.4, 0.5) is 0 Å². The standard InChI is InChI=1S/C12H23NO2/c1-10(12(14)15-3)9-13-8-6-4-5-7-11(13)2/h10-11H,4-9H2,1-3H3. The van der Waals surface area contributed by atoms with Gasteiger partial charge in [0.15, 0.2) is 0 Å². The fourth-order valence-corrected chi connectivity index (χ4v) is 2.23. The minimum atomic E-state index is -0.0913. The van der Waals surface area contributed by atoms with Gasteiger partial charge in [0.05, 0.1) is 13.0 Å². The van der Waals surface area contributed by atoms with Crippen LogP contribution in [0, 0.1) is 5.92 Å². The molecule has 0 amide bonds. The minimum absolute atomic E-state index is 0.00412. The molecule has 0 saturated carbocycles. The summed E-state index contributed by atoms with van der Waals surface area (Å²) in [6.45, 7) is 6.18. The highest BCUT2D eigenvalue weighted by molar-refractivity contribution is 5.72. The van der Waals surface area contributed by atoms with Crippen LogP contribution in [0.1, 0.15) is 39.5 Å². The van der Waals surface area contributed by atoms with Crippen molar-refractivity contribution >= 4 is 5.97 Å². The molecule has 15 heavy (non-hydrogen) atoms. The molecule has 1 aliphatic heterocycles. The van der Waals surface area contributed by atoms with Gasteiger partial charge in [-0.05, 0) is 26.3 Å². The summed E-state index contributed by atoms with van der Waals surface area (Å²) in [4.78, 5) is 13.8. The highest BCUT2D eigenvalue weighted by Gasteiger charge is 2.22. The second-order valence-electron chi connectivity index (χ2n) is 4.62. The fourth-order valence-electron chi connectivity index (χ4n) is 2.23. The van der Waals surface area contributed by atoms with Gasteiger partial charge in [0, 0.05) is 12.6 Å². The molecule has 0 radical (unpaired) electrons. The van der Waals surface area contributed by atoms with Crippen LogP contribution in [0.2, 0.25) is 0 Å². The molecular formula is C12H23NO2. The average molecular weight is 213 g/mol. The molecule has 0 bridgehead atoms. The number of nitrogens with zero attached hydrogens (tertiary/aromatic N) is 1. The summed E-state index contributed by atoms with van der Waals surface area (Å²) >= 11 is 0. The topological polar surface area (TPSA) is 29.5 Å². The Labute approximate surface area is 92.8 Å². The van der Waals surface area contributed by atoms with Crippen molar-refractivity contribution in [2.24, 2.45) is 5.92 Å². The fraction of sp³-hybridized carbons (Fsp3) is 0.917. The molecule has 0 spiro atoms. The van der Waals surface area contributed by atoms with Crippen LogP contribution in [0.15, 0.2) is 0 Å². The highest BCUT2D eigenvalue weighted by Crippen LogP contribution is 2.17. The Hall–Kier alpha value is -0.570. The van der Waals surface area contributed by atoms with Crippen molar-refractivity contribution in [2.45, 2.75) is 45.6 Å². The summed E-state index contributed by atoms with van der Waals surface area (Å²) in [6.07, 6.45) is 5.17. The molecule has 1 aliphatic rings. The third-order valence-electron chi connectivity index (χ3n) is 3.30. The second-order valence-corrected chi connectivity index (χ2v) is 4.62. The molecule has 3 nitrogen and oxygen atoms in total. The predicted octanol–water partition coefficient (Wildman–Crippen LogP) is 2.06. The molecule has 0 aromatic carbocycles. The van der Waals surface area contributed by atoms with Gasteiger partial charge < -0.3 is 4.74 Å². The number of carbonyl (C=O) groups is 1. The number of carbonyl (C=O) groups excluding carboxylic acids is 1. The zero-order chi connectivity index (χ0) is 11.3. The van der Waals surface area contributed by atoms with Crippen molar-refractivity contribution in [3.05, 3.63) is 0 Å². The monoisotopic (exact) mass is 213 g/mol. The molecule has 0 aromatic rings. The Morgan fingerprint density at radius 2 is 2.20 bits per heavy atom. The second kappa shape index (κ2) is 6.11. The molecule has 1 fully saturated rings. The van der Waals surface area contributed by atoms with E-state index in [4.69, 9.17) is 4.74 Å². The maximum absolute atomic E-state index is 11.3. The van der Waals surface area contributed by atoms with Crippen molar-refractivity contribution in [1.82, 2.24) is 4.90 Å². The Morgan fingerprint density at radius 1 is 1.47 bits per heavy atom. The van der Waals surface area contributed by atoms with Gasteiger partial charge in [0.1, 0.15) is 0 Å². The van der Waals surface area contributed by atoms with Crippen molar-refractivity contribution in [1.29, 1.82) is 0 Å². The number of methoxy groups -OCH3 is 1. The molecule has 0 aliphatic carbocycles. The lowest BCUT2D eigenvalue weighted by molar-refractivity contribution is -0.145. The van der Waals surface area contributed by atoms with E-state index in [-0.39, 0.29) is 11.9 Å². The van der Waals surface area contributed by atoms with Gasteiger partial charge in [-0.1, -0.05) is 19.8 Å². The van der Waals surface area contributed by atoms with Crippen LogP contribution in [-0.2, 0) is 9.53 Å². The van der Waals surface area contributed by atoms with Gasteiger partial charge >= 0.3 is 5.97 Å². The zero-order valence-electron chi connectivity index (χ0n) is 10.2. The van der Waals surface area contributed by atoms with E-state index in [1.165, 1.54) is 32.8 Å². The lowest BCUT2D eigenvalue weighted by Gasteiger charge is -2.28. The number of ether oxygens (including phenoxy) is 1. The first-order valence-corrected chi connectivity index (χ1v) is 5.97.